The average Bonchev–Trinajstić information content (AvgIpc) is 3.56. The van der Waals surface area contributed by atoms with Gasteiger partial charge in [-0.05, 0) is 67.1 Å². The van der Waals surface area contributed by atoms with Crippen LogP contribution in [0.1, 0.15) is 31.5 Å². The molecule has 7 nitrogen and oxygen atoms in total. The molecule has 0 aliphatic heterocycles. The number of hydrogen-bond donors (Lipinski definition) is 2. The predicted molar refractivity (Wildman–Crippen MR) is 134 cm³/mol. The van der Waals surface area contributed by atoms with Gasteiger partial charge in [0.1, 0.15) is 4.83 Å². The summed E-state index contributed by atoms with van der Waals surface area (Å²) in [6.45, 7) is 2.53. The van der Waals surface area contributed by atoms with Crippen LogP contribution in [-0.2, 0) is 6.54 Å². The lowest BCUT2D eigenvalue weighted by atomic mass is 10.2. The molecule has 34 heavy (non-hydrogen) atoms. The Morgan fingerprint density at radius 1 is 1.00 bits per heavy atom. The second kappa shape index (κ2) is 9.17. The number of benzene rings is 2. The van der Waals surface area contributed by atoms with Crippen LogP contribution in [0.2, 0.25) is 5.02 Å². The maximum Gasteiger partial charge on any atom is 0.291 e. The first-order chi connectivity index (χ1) is 16.5. The molecule has 0 bridgehead atoms. The molecule has 0 radical (unpaired) electrons. The van der Waals surface area contributed by atoms with Crippen molar-refractivity contribution < 1.29 is 14.0 Å². The zero-order valence-corrected chi connectivity index (χ0v) is 19.6. The number of aryl methyl sites for hydroxylation is 1. The molecule has 2 N–H and O–H groups in total. The number of hydrogen-bond acceptors (Lipinski definition) is 5. The van der Waals surface area contributed by atoms with Crippen LogP contribution in [0, 0.1) is 6.92 Å². The highest BCUT2D eigenvalue weighted by Crippen LogP contribution is 2.30. The van der Waals surface area contributed by atoms with E-state index >= 15 is 0 Å². The highest BCUT2D eigenvalue weighted by atomic mass is 35.5. The van der Waals surface area contributed by atoms with E-state index < -0.39 is 0 Å². The smallest absolute Gasteiger partial charge is 0.291 e. The first-order valence-electron chi connectivity index (χ1n) is 10.4. The second-order valence-corrected chi connectivity index (χ2v) is 9.13. The van der Waals surface area contributed by atoms with E-state index in [4.69, 9.17) is 16.0 Å². The highest BCUT2D eigenvalue weighted by Gasteiger charge is 2.17. The van der Waals surface area contributed by atoms with Gasteiger partial charge in [-0.15, -0.1) is 11.3 Å². The van der Waals surface area contributed by atoms with Crippen LogP contribution in [0.3, 0.4) is 0 Å². The largest absolute Gasteiger partial charge is 0.459 e. The molecule has 3 heterocycles. The number of nitrogens with one attached hydrogen (secondary N) is 2. The van der Waals surface area contributed by atoms with Gasteiger partial charge in [0.2, 0.25) is 0 Å². The lowest BCUT2D eigenvalue weighted by molar-refractivity contribution is 0.0994. The Labute approximate surface area is 204 Å². The number of fused-ring (bicyclic) bond motifs is 1. The van der Waals surface area contributed by atoms with Crippen molar-refractivity contribution in [1.29, 1.82) is 0 Å². The standard InChI is InChI=1S/C25H19ClN4O3S/c1-15-20-13-22(34-25(20)30(29-15)14-16-4-6-17(26)7-5-16)24(32)28-19-10-8-18(9-11-19)27-23(31)21-3-2-12-33-21/h2-13H,14H2,1H3,(H,27,31)(H,28,32). The van der Waals surface area contributed by atoms with Gasteiger partial charge in [-0.1, -0.05) is 23.7 Å². The molecule has 3 aromatic heterocycles. The topological polar surface area (TPSA) is 89.2 Å². The van der Waals surface area contributed by atoms with E-state index in [0.717, 1.165) is 21.5 Å². The number of halogens is 1. The van der Waals surface area contributed by atoms with Crippen molar-refractivity contribution in [2.45, 2.75) is 13.5 Å². The number of carbonyl (C=O) groups excluding carboxylic acids is 2. The van der Waals surface area contributed by atoms with Gasteiger partial charge in [0.15, 0.2) is 5.76 Å². The molecule has 5 aromatic rings. The minimum absolute atomic E-state index is 0.203. The van der Waals surface area contributed by atoms with Crippen LogP contribution >= 0.6 is 22.9 Å². The van der Waals surface area contributed by atoms with Crippen molar-refractivity contribution in [3.8, 4) is 0 Å². The third-order valence-electron chi connectivity index (χ3n) is 5.22. The van der Waals surface area contributed by atoms with Crippen LogP contribution < -0.4 is 10.6 Å². The van der Waals surface area contributed by atoms with Gasteiger partial charge in [0.25, 0.3) is 11.8 Å². The van der Waals surface area contributed by atoms with Crippen molar-refractivity contribution >= 4 is 56.3 Å². The monoisotopic (exact) mass is 490 g/mol. The van der Waals surface area contributed by atoms with Crippen LogP contribution in [0.4, 0.5) is 11.4 Å². The summed E-state index contributed by atoms with van der Waals surface area (Å²) in [5.74, 6) is -0.312. The third-order valence-corrected chi connectivity index (χ3v) is 6.62. The Hall–Kier alpha value is -3.88. The molecule has 0 saturated heterocycles. The van der Waals surface area contributed by atoms with E-state index in [2.05, 4.69) is 15.7 Å². The van der Waals surface area contributed by atoms with E-state index in [-0.39, 0.29) is 17.6 Å². The first-order valence-corrected chi connectivity index (χ1v) is 11.6. The summed E-state index contributed by atoms with van der Waals surface area (Å²) >= 11 is 7.38. The number of anilines is 2. The molecule has 170 valence electrons. The Bertz CT molecular complexity index is 1470. The Morgan fingerprint density at radius 3 is 2.32 bits per heavy atom. The fourth-order valence-electron chi connectivity index (χ4n) is 3.52. The number of furan rings is 1. The molecule has 0 spiro atoms. The number of amides is 2. The number of carbonyl (C=O) groups is 2. The summed E-state index contributed by atoms with van der Waals surface area (Å²) in [6, 6.07) is 19.6. The van der Waals surface area contributed by atoms with Crippen molar-refractivity contribution in [1.82, 2.24) is 9.78 Å². The van der Waals surface area contributed by atoms with Crippen molar-refractivity contribution in [3.05, 3.63) is 99.9 Å². The maximum absolute atomic E-state index is 12.9. The summed E-state index contributed by atoms with van der Waals surface area (Å²) < 4.78 is 6.99. The number of aromatic nitrogens is 2. The highest BCUT2D eigenvalue weighted by molar-refractivity contribution is 7.20. The van der Waals surface area contributed by atoms with Gasteiger partial charge in [0, 0.05) is 21.8 Å². The van der Waals surface area contributed by atoms with Gasteiger partial charge >= 0.3 is 0 Å². The zero-order valence-electron chi connectivity index (χ0n) is 18.0. The summed E-state index contributed by atoms with van der Waals surface area (Å²) in [6.07, 6.45) is 1.44. The lowest BCUT2D eigenvalue weighted by Gasteiger charge is -2.06. The van der Waals surface area contributed by atoms with E-state index in [1.807, 2.05) is 41.9 Å². The van der Waals surface area contributed by atoms with Crippen LogP contribution in [0.5, 0.6) is 0 Å². The molecule has 2 amide bonds. The second-order valence-electron chi connectivity index (χ2n) is 7.66. The van der Waals surface area contributed by atoms with Crippen LogP contribution in [0.15, 0.2) is 77.4 Å². The van der Waals surface area contributed by atoms with Crippen molar-refractivity contribution in [2.24, 2.45) is 0 Å². The molecule has 9 heteroatoms. The van der Waals surface area contributed by atoms with Crippen molar-refractivity contribution in [2.75, 3.05) is 10.6 Å². The van der Waals surface area contributed by atoms with Gasteiger partial charge in [-0.25, -0.2) is 0 Å². The predicted octanol–water partition coefficient (Wildman–Crippen LogP) is 6.21. The third kappa shape index (κ3) is 4.59. The van der Waals surface area contributed by atoms with Gasteiger partial charge < -0.3 is 15.1 Å². The summed E-state index contributed by atoms with van der Waals surface area (Å²) in [7, 11) is 0. The van der Waals surface area contributed by atoms with Gasteiger partial charge in [-0.3, -0.25) is 14.3 Å². The number of rotatable bonds is 6. The van der Waals surface area contributed by atoms with E-state index in [9.17, 15) is 9.59 Å². The molecule has 0 fully saturated rings. The Balaban J connectivity index is 1.29. The summed E-state index contributed by atoms with van der Waals surface area (Å²) in [5.41, 5.74) is 3.17. The molecular formula is C25H19ClN4O3S. The number of thiophene rings is 1. The fraction of sp³-hybridized carbons (Fsp3) is 0.0800. The lowest BCUT2D eigenvalue weighted by Crippen LogP contribution is -2.12. The number of nitrogens with zero attached hydrogens (tertiary/aromatic N) is 2. The van der Waals surface area contributed by atoms with E-state index in [1.165, 1.54) is 17.6 Å². The minimum Gasteiger partial charge on any atom is -0.459 e. The SMILES string of the molecule is Cc1nn(Cc2ccc(Cl)cc2)c2sc(C(=O)Nc3ccc(NC(=O)c4ccco4)cc3)cc12. The summed E-state index contributed by atoms with van der Waals surface area (Å²) in [4.78, 5) is 26.5. The molecular weight excluding hydrogens is 472 g/mol. The molecule has 0 unspecified atom stereocenters. The molecule has 0 saturated carbocycles. The molecule has 0 aliphatic carbocycles. The normalized spacial score (nSPS) is 11.0. The first kappa shape index (κ1) is 21.9. The molecule has 0 atom stereocenters. The fourth-order valence-corrected chi connectivity index (χ4v) is 4.71. The minimum atomic E-state index is -0.338. The van der Waals surface area contributed by atoms with Gasteiger partial charge in [0.05, 0.1) is 23.4 Å². The van der Waals surface area contributed by atoms with Crippen LogP contribution in [-0.4, -0.2) is 21.6 Å². The Morgan fingerprint density at radius 2 is 1.68 bits per heavy atom. The molecule has 2 aromatic carbocycles. The van der Waals surface area contributed by atoms with E-state index in [1.54, 1.807) is 36.4 Å². The van der Waals surface area contributed by atoms with Gasteiger partial charge in [-0.2, -0.15) is 5.10 Å². The Kier molecular flexibility index (Phi) is 5.91. The quantitative estimate of drug-likeness (QED) is 0.296. The molecule has 5 rings (SSSR count). The average molecular weight is 491 g/mol. The van der Waals surface area contributed by atoms with E-state index in [0.29, 0.717) is 27.8 Å². The maximum atomic E-state index is 12.9. The van der Waals surface area contributed by atoms with Crippen molar-refractivity contribution in [3.63, 3.8) is 0 Å². The zero-order chi connectivity index (χ0) is 23.7. The summed E-state index contributed by atoms with van der Waals surface area (Å²) in [5, 5.41) is 11.9. The van der Waals surface area contributed by atoms with Crippen LogP contribution in [0.25, 0.3) is 10.2 Å². The molecule has 0 aliphatic rings.